The van der Waals surface area contributed by atoms with Crippen LogP contribution in [0.2, 0.25) is 0 Å². The minimum absolute atomic E-state index is 0.257. The largest absolute Gasteiger partial charge is 0.490 e. The summed E-state index contributed by atoms with van der Waals surface area (Å²) in [6.07, 6.45) is 0.863. The monoisotopic (exact) mass is 488 g/mol. The van der Waals surface area contributed by atoms with Gasteiger partial charge in [-0.1, -0.05) is 11.8 Å². The van der Waals surface area contributed by atoms with Gasteiger partial charge >= 0.3 is 0 Å². The summed E-state index contributed by atoms with van der Waals surface area (Å²) in [5.41, 5.74) is 5.51. The van der Waals surface area contributed by atoms with E-state index in [0.717, 1.165) is 29.2 Å². The van der Waals surface area contributed by atoms with E-state index < -0.39 is 10.0 Å². The molecule has 0 saturated carbocycles. The van der Waals surface area contributed by atoms with Crippen LogP contribution in [0.4, 0.5) is 5.69 Å². The van der Waals surface area contributed by atoms with E-state index in [0.29, 0.717) is 56.1 Å². The quantitative estimate of drug-likeness (QED) is 0.706. The van der Waals surface area contributed by atoms with Gasteiger partial charge in [0.15, 0.2) is 16.7 Å². The molecule has 0 radical (unpaired) electrons. The van der Waals surface area contributed by atoms with Crippen molar-refractivity contribution in [2.75, 3.05) is 45.3 Å². The number of fused-ring (bicyclic) bond motifs is 1. The van der Waals surface area contributed by atoms with Gasteiger partial charge in [0.25, 0.3) is 0 Å². The average molecular weight is 489 g/mol. The summed E-state index contributed by atoms with van der Waals surface area (Å²) in [6.45, 7) is 2.88. The van der Waals surface area contributed by atoms with Crippen molar-refractivity contribution in [1.82, 2.24) is 9.73 Å². The second-order valence-corrected chi connectivity index (χ2v) is 10.5. The highest BCUT2D eigenvalue weighted by atomic mass is 32.2. The first-order valence-electron chi connectivity index (χ1n) is 10.7. The lowest BCUT2D eigenvalue weighted by molar-refractivity contribution is 0.0730. The summed E-state index contributed by atoms with van der Waals surface area (Å²) in [5.74, 6) is 2.15. The first kappa shape index (κ1) is 22.2. The molecule has 3 heterocycles. The van der Waals surface area contributed by atoms with Gasteiger partial charge in [0.05, 0.1) is 42.7 Å². The van der Waals surface area contributed by atoms with Crippen LogP contribution < -0.4 is 14.9 Å². The van der Waals surface area contributed by atoms with Gasteiger partial charge in [-0.15, -0.1) is 0 Å². The molecule has 0 aromatic heterocycles. The molecule has 0 aliphatic carbocycles. The van der Waals surface area contributed by atoms with Crippen molar-refractivity contribution in [2.24, 2.45) is 10.1 Å². The molecule has 0 atom stereocenters. The van der Waals surface area contributed by atoms with Crippen LogP contribution in [0.1, 0.15) is 12.0 Å². The zero-order valence-corrected chi connectivity index (χ0v) is 19.5. The Morgan fingerprint density at radius 3 is 2.45 bits per heavy atom. The third-order valence-electron chi connectivity index (χ3n) is 5.39. The van der Waals surface area contributed by atoms with Gasteiger partial charge in [0, 0.05) is 30.8 Å². The molecule has 0 spiro atoms. The molecule has 0 unspecified atom stereocenters. The summed E-state index contributed by atoms with van der Waals surface area (Å²) in [4.78, 5) is 4.81. The van der Waals surface area contributed by atoms with Gasteiger partial charge in [0.1, 0.15) is 0 Å². The molecule has 0 amide bonds. The van der Waals surface area contributed by atoms with E-state index in [2.05, 4.69) is 15.5 Å². The van der Waals surface area contributed by atoms with Crippen molar-refractivity contribution < 1.29 is 22.6 Å². The number of rotatable bonds is 4. The molecule has 0 bridgehead atoms. The number of thioether (sulfide) groups is 1. The van der Waals surface area contributed by atoms with Crippen molar-refractivity contribution in [3.8, 4) is 11.5 Å². The van der Waals surface area contributed by atoms with Crippen LogP contribution in [0.25, 0.3) is 0 Å². The molecular formula is C22H24N4O5S2. The van der Waals surface area contributed by atoms with Crippen LogP contribution in [0.5, 0.6) is 11.5 Å². The molecule has 3 aliphatic rings. The number of sulfonamides is 1. The van der Waals surface area contributed by atoms with Crippen LogP contribution in [0.3, 0.4) is 0 Å². The molecule has 11 heteroatoms. The van der Waals surface area contributed by atoms with E-state index in [1.165, 1.54) is 16.1 Å². The maximum Gasteiger partial charge on any atom is 0.243 e. The minimum atomic E-state index is -3.52. The lowest BCUT2D eigenvalue weighted by Crippen LogP contribution is -2.40. The van der Waals surface area contributed by atoms with E-state index in [4.69, 9.17) is 14.2 Å². The maximum atomic E-state index is 12.8. The van der Waals surface area contributed by atoms with Gasteiger partial charge in [-0.25, -0.2) is 13.4 Å². The number of aliphatic imine (C=N–C) groups is 1. The van der Waals surface area contributed by atoms with Crippen LogP contribution in [-0.4, -0.2) is 68.9 Å². The molecule has 2 aromatic carbocycles. The number of nitrogens with one attached hydrogen (secondary N) is 1. The highest BCUT2D eigenvalue weighted by Gasteiger charge is 2.26. The Balaban J connectivity index is 1.27. The smallest absolute Gasteiger partial charge is 0.243 e. The summed E-state index contributed by atoms with van der Waals surface area (Å²) >= 11 is 1.53. The molecule has 1 fully saturated rings. The highest BCUT2D eigenvalue weighted by molar-refractivity contribution is 8.14. The molecule has 33 heavy (non-hydrogen) atoms. The first-order chi connectivity index (χ1) is 16.1. The van der Waals surface area contributed by atoms with Crippen LogP contribution in [-0.2, 0) is 14.8 Å². The van der Waals surface area contributed by atoms with Crippen molar-refractivity contribution in [1.29, 1.82) is 0 Å². The number of amidine groups is 1. The Hall–Kier alpha value is -2.60. The number of morpholine rings is 1. The number of hydrogen-bond donors (Lipinski definition) is 1. The molecule has 174 valence electrons. The fraction of sp³-hybridized carbons (Fsp3) is 0.364. The predicted molar refractivity (Wildman–Crippen MR) is 127 cm³/mol. The third kappa shape index (κ3) is 5.01. The van der Waals surface area contributed by atoms with Crippen molar-refractivity contribution >= 4 is 38.4 Å². The summed E-state index contributed by atoms with van der Waals surface area (Å²) in [6, 6.07) is 12.4. The van der Waals surface area contributed by atoms with E-state index in [1.807, 2.05) is 18.2 Å². The number of nitrogens with zero attached hydrogens (tertiary/aromatic N) is 3. The Morgan fingerprint density at radius 2 is 1.73 bits per heavy atom. The van der Waals surface area contributed by atoms with Crippen molar-refractivity contribution in [3.05, 3.63) is 48.0 Å². The van der Waals surface area contributed by atoms with E-state index in [9.17, 15) is 8.42 Å². The Morgan fingerprint density at radius 1 is 0.970 bits per heavy atom. The van der Waals surface area contributed by atoms with E-state index in [1.54, 1.807) is 24.3 Å². The Kier molecular flexibility index (Phi) is 6.54. The average Bonchev–Trinajstić information content (AvgIpc) is 3.10. The Bertz CT molecular complexity index is 1180. The third-order valence-corrected chi connectivity index (χ3v) is 8.17. The van der Waals surface area contributed by atoms with Crippen LogP contribution in [0.15, 0.2) is 57.5 Å². The summed E-state index contributed by atoms with van der Waals surface area (Å²) in [7, 11) is -3.52. The van der Waals surface area contributed by atoms with Gasteiger partial charge < -0.3 is 14.2 Å². The van der Waals surface area contributed by atoms with Crippen LogP contribution >= 0.6 is 11.8 Å². The summed E-state index contributed by atoms with van der Waals surface area (Å²) in [5, 5.41) is 5.12. The second-order valence-electron chi connectivity index (χ2n) is 7.60. The lowest BCUT2D eigenvalue weighted by atomic mass is 10.1. The molecule has 5 rings (SSSR count). The SMILES string of the molecule is O=S(=O)(c1ccc(N=C2NN=C(c3ccc4c(c3)OCCCO4)CS2)cc1)N1CCOCC1. The summed E-state index contributed by atoms with van der Waals surface area (Å²) < 4.78 is 43.7. The Labute approximate surface area is 196 Å². The second kappa shape index (κ2) is 9.72. The number of ether oxygens (including phenoxy) is 3. The molecular weight excluding hydrogens is 464 g/mol. The van der Waals surface area contributed by atoms with Crippen molar-refractivity contribution in [2.45, 2.75) is 11.3 Å². The first-order valence-corrected chi connectivity index (χ1v) is 13.1. The topological polar surface area (TPSA) is 102 Å². The van der Waals surface area contributed by atoms with Crippen molar-refractivity contribution in [3.63, 3.8) is 0 Å². The molecule has 9 nitrogen and oxygen atoms in total. The fourth-order valence-electron chi connectivity index (χ4n) is 3.61. The normalized spacial score (nSPS) is 20.6. The molecule has 2 aromatic rings. The predicted octanol–water partition coefficient (Wildman–Crippen LogP) is 2.60. The van der Waals surface area contributed by atoms with Gasteiger partial charge in [-0.2, -0.15) is 9.41 Å². The maximum absolute atomic E-state index is 12.8. The molecule has 1 saturated heterocycles. The lowest BCUT2D eigenvalue weighted by Gasteiger charge is -2.26. The van der Waals surface area contributed by atoms with E-state index >= 15 is 0 Å². The number of benzene rings is 2. The highest BCUT2D eigenvalue weighted by Crippen LogP contribution is 2.31. The fourth-order valence-corrected chi connectivity index (χ4v) is 5.80. The van der Waals surface area contributed by atoms with Gasteiger partial charge in [0.2, 0.25) is 10.0 Å². The van der Waals surface area contributed by atoms with E-state index in [-0.39, 0.29) is 4.90 Å². The van der Waals surface area contributed by atoms with Crippen LogP contribution in [0, 0.1) is 0 Å². The van der Waals surface area contributed by atoms with Gasteiger partial charge in [-0.3, -0.25) is 5.43 Å². The zero-order chi connectivity index (χ0) is 22.7. The van der Waals surface area contributed by atoms with Gasteiger partial charge in [-0.05, 0) is 42.5 Å². The zero-order valence-electron chi connectivity index (χ0n) is 17.9. The molecule has 1 N–H and O–H groups in total. The molecule has 3 aliphatic heterocycles. The standard InChI is InChI=1S/C22H24N4O5S2/c27-33(28,26-8-12-29-13-9-26)18-5-3-17(4-6-18)23-22-25-24-19(15-32-22)16-2-7-20-21(14-16)31-11-1-10-30-20/h2-7,14H,1,8-13,15H2,(H,23,25). The number of hydrogen-bond acceptors (Lipinski definition) is 8. The minimum Gasteiger partial charge on any atom is -0.490 e. The number of hydrazone groups is 1.